The molecule has 0 fully saturated rings. The summed E-state index contributed by atoms with van der Waals surface area (Å²) in [6.07, 6.45) is -2.43. The predicted octanol–water partition coefficient (Wildman–Crippen LogP) is 3.09. The van der Waals surface area contributed by atoms with Crippen LogP contribution in [0.15, 0.2) is 18.2 Å². The molecule has 118 valence electrons. The number of carbonyl (C=O) groups is 1. The second-order valence-electron chi connectivity index (χ2n) is 4.74. The Kier molecular flexibility index (Phi) is 6.14. The molecule has 0 aromatic heterocycles. The molecule has 0 aliphatic heterocycles. The molecular weight excluding hydrogens is 288 g/mol. The zero-order chi connectivity index (χ0) is 16.0. The number of alkyl halides is 3. The van der Waals surface area contributed by atoms with Crippen molar-refractivity contribution in [2.24, 2.45) is 5.73 Å². The first-order valence-corrected chi connectivity index (χ1v) is 6.67. The largest absolute Gasteiger partial charge is 0.419 e. The Balaban J connectivity index is 2.88. The Morgan fingerprint density at radius 3 is 2.57 bits per heavy atom. The molecule has 1 rings (SSSR count). The molecule has 0 aliphatic rings. The van der Waals surface area contributed by atoms with Crippen LogP contribution >= 0.6 is 0 Å². The van der Waals surface area contributed by atoms with Crippen LogP contribution in [0.2, 0.25) is 0 Å². The van der Waals surface area contributed by atoms with Crippen molar-refractivity contribution in [1.82, 2.24) is 5.32 Å². The van der Waals surface area contributed by atoms with E-state index in [4.69, 9.17) is 5.73 Å². The fourth-order valence-electron chi connectivity index (χ4n) is 1.85. The molecule has 1 aromatic carbocycles. The molecule has 1 unspecified atom stereocenters. The summed E-state index contributed by atoms with van der Waals surface area (Å²) in [6.45, 7) is 2.17. The average Bonchev–Trinajstić information content (AvgIpc) is 2.42. The Bertz CT molecular complexity index is 488. The highest BCUT2D eigenvalue weighted by Crippen LogP contribution is 2.31. The molecule has 0 radical (unpaired) electrons. The van der Waals surface area contributed by atoms with E-state index >= 15 is 0 Å². The monoisotopic (exact) mass is 306 g/mol. The highest BCUT2D eigenvalue weighted by atomic mass is 19.4. The van der Waals surface area contributed by atoms with Gasteiger partial charge in [-0.2, -0.15) is 13.2 Å². The normalized spacial score (nSPS) is 13.0. The Morgan fingerprint density at radius 2 is 2.05 bits per heavy atom. The molecule has 7 heteroatoms. The van der Waals surface area contributed by atoms with Crippen molar-refractivity contribution in [3.63, 3.8) is 0 Å². The third kappa shape index (κ3) is 5.00. The van der Waals surface area contributed by atoms with Gasteiger partial charge in [0.2, 0.25) is 0 Å². The highest BCUT2D eigenvalue weighted by Gasteiger charge is 2.34. The third-order valence-corrected chi connectivity index (χ3v) is 3.06. The molecule has 1 atom stereocenters. The maximum absolute atomic E-state index is 13.2. The number of carbonyl (C=O) groups excluding carboxylic acids is 1. The van der Waals surface area contributed by atoms with Crippen LogP contribution in [0.4, 0.5) is 17.6 Å². The standard InChI is InChI=1S/C14H18F4N2O/c1-2-3-4-10(8-19)20-13(21)9-5-6-12(15)11(7-9)14(16,17)18/h5-7,10H,2-4,8,19H2,1H3,(H,20,21). The van der Waals surface area contributed by atoms with Gasteiger partial charge in [-0.1, -0.05) is 19.8 Å². The lowest BCUT2D eigenvalue weighted by Crippen LogP contribution is -2.40. The molecule has 0 saturated heterocycles. The Hall–Kier alpha value is -1.63. The summed E-state index contributed by atoms with van der Waals surface area (Å²) in [4.78, 5) is 11.9. The molecule has 0 bridgehead atoms. The zero-order valence-electron chi connectivity index (χ0n) is 11.6. The number of amides is 1. The van der Waals surface area contributed by atoms with Crippen molar-refractivity contribution in [3.05, 3.63) is 35.1 Å². The lowest BCUT2D eigenvalue weighted by atomic mass is 10.1. The smallest absolute Gasteiger partial charge is 0.348 e. The predicted molar refractivity (Wildman–Crippen MR) is 71.2 cm³/mol. The van der Waals surface area contributed by atoms with E-state index in [1.807, 2.05) is 6.92 Å². The number of halogens is 4. The lowest BCUT2D eigenvalue weighted by molar-refractivity contribution is -0.140. The summed E-state index contributed by atoms with van der Waals surface area (Å²) >= 11 is 0. The first-order chi connectivity index (χ1) is 9.79. The molecule has 3 N–H and O–H groups in total. The van der Waals surface area contributed by atoms with E-state index < -0.39 is 23.5 Å². The molecule has 0 heterocycles. The summed E-state index contributed by atoms with van der Waals surface area (Å²) in [5, 5.41) is 2.56. The SMILES string of the molecule is CCCCC(CN)NC(=O)c1ccc(F)c(C(F)(F)F)c1. The molecule has 1 amide bonds. The number of nitrogens with two attached hydrogens (primary N) is 1. The zero-order valence-corrected chi connectivity index (χ0v) is 11.6. The first-order valence-electron chi connectivity index (χ1n) is 6.67. The van der Waals surface area contributed by atoms with E-state index in [9.17, 15) is 22.4 Å². The molecule has 0 spiro atoms. The van der Waals surface area contributed by atoms with Crippen LogP contribution in [-0.4, -0.2) is 18.5 Å². The first kappa shape index (κ1) is 17.4. The summed E-state index contributed by atoms with van der Waals surface area (Å²) in [5.74, 6) is -2.09. The van der Waals surface area contributed by atoms with Crippen LogP contribution in [0.25, 0.3) is 0 Å². The molecule has 1 aromatic rings. The third-order valence-electron chi connectivity index (χ3n) is 3.06. The summed E-state index contributed by atoms with van der Waals surface area (Å²) in [5.41, 5.74) is 3.82. The number of rotatable bonds is 6. The van der Waals surface area contributed by atoms with Crippen molar-refractivity contribution in [2.75, 3.05) is 6.54 Å². The topological polar surface area (TPSA) is 55.1 Å². The van der Waals surface area contributed by atoms with Crippen molar-refractivity contribution in [3.8, 4) is 0 Å². The van der Waals surface area contributed by atoms with Crippen molar-refractivity contribution in [1.29, 1.82) is 0 Å². The van der Waals surface area contributed by atoms with Crippen LogP contribution in [0, 0.1) is 5.82 Å². The van der Waals surface area contributed by atoms with E-state index in [0.29, 0.717) is 18.6 Å². The number of nitrogens with one attached hydrogen (secondary N) is 1. The number of unbranched alkanes of at least 4 members (excludes halogenated alkanes) is 1. The van der Waals surface area contributed by atoms with E-state index in [1.54, 1.807) is 0 Å². The quantitative estimate of drug-likeness (QED) is 0.794. The van der Waals surface area contributed by atoms with E-state index in [-0.39, 0.29) is 18.2 Å². The maximum atomic E-state index is 13.2. The van der Waals surface area contributed by atoms with Gasteiger partial charge in [0.05, 0.1) is 5.56 Å². The highest BCUT2D eigenvalue weighted by molar-refractivity contribution is 5.94. The maximum Gasteiger partial charge on any atom is 0.419 e. The van der Waals surface area contributed by atoms with Gasteiger partial charge in [0.15, 0.2) is 0 Å². The molecule has 21 heavy (non-hydrogen) atoms. The van der Waals surface area contributed by atoms with Crippen LogP contribution in [-0.2, 0) is 6.18 Å². The van der Waals surface area contributed by atoms with Gasteiger partial charge in [-0.15, -0.1) is 0 Å². The summed E-state index contributed by atoms with van der Waals surface area (Å²) in [7, 11) is 0. The second-order valence-corrected chi connectivity index (χ2v) is 4.74. The fourth-order valence-corrected chi connectivity index (χ4v) is 1.85. The van der Waals surface area contributed by atoms with Crippen LogP contribution < -0.4 is 11.1 Å². The van der Waals surface area contributed by atoms with Gasteiger partial charge < -0.3 is 11.1 Å². The summed E-state index contributed by atoms with van der Waals surface area (Å²) in [6, 6.07) is 1.86. The van der Waals surface area contributed by atoms with Gasteiger partial charge in [-0.3, -0.25) is 4.79 Å². The minimum atomic E-state index is -4.84. The van der Waals surface area contributed by atoms with Crippen molar-refractivity contribution >= 4 is 5.91 Å². The number of hydrogen-bond acceptors (Lipinski definition) is 2. The molecule has 0 aliphatic carbocycles. The minimum Gasteiger partial charge on any atom is -0.348 e. The van der Waals surface area contributed by atoms with Crippen LogP contribution in [0.3, 0.4) is 0 Å². The van der Waals surface area contributed by atoms with Gasteiger partial charge in [-0.05, 0) is 24.6 Å². The Labute approximate surface area is 120 Å². The van der Waals surface area contributed by atoms with Crippen LogP contribution in [0.5, 0.6) is 0 Å². The molecular formula is C14H18F4N2O. The summed E-state index contributed by atoms with van der Waals surface area (Å²) < 4.78 is 50.9. The minimum absolute atomic E-state index is 0.194. The van der Waals surface area contributed by atoms with Crippen LogP contribution in [0.1, 0.15) is 42.1 Å². The van der Waals surface area contributed by atoms with Gasteiger partial charge in [0.25, 0.3) is 5.91 Å². The number of benzene rings is 1. The lowest BCUT2D eigenvalue weighted by Gasteiger charge is -2.17. The van der Waals surface area contributed by atoms with Gasteiger partial charge in [0, 0.05) is 18.2 Å². The Morgan fingerprint density at radius 1 is 1.38 bits per heavy atom. The van der Waals surface area contributed by atoms with E-state index in [2.05, 4.69) is 5.32 Å². The van der Waals surface area contributed by atoms with E-state index in [1.165, 1.54) is 0 Å². The van der Waals surface area contributed by atoms with Crippen molar-refractivity contribution < 1.29 is 22.4 Å². The molecule has 3 nitrogen and oxygen atoms in total. The van der Waals surface area contributed by atoms with Gasteiger partial charge in [0.1, 0.15) is 5.82 Å². The fraction of sp³-hybridized carbons (Fsp3) is 0.500. The van der Waals surface area contributed by atoms with Crippen molar-refractivity contribution in [2.45, 2.75) is 38.4 Å². The second kappa shape index (κ2) is 7.40. The molecule has 0 saturated carbocycles. The van der Waals surface area contributed by atoms with Gasteiger partial charge >= 0.3 is 6.18 Å². The van der Waals surface area contributed by atoms with E-state index in [0.717, 1.165) is 18.9 Å². The number of hydrogen-bond donors (Lipinski definition) is 2. The van der Waals surface area contributed by atoms with Gasteiger partial charge in [-0.25, -0.2) is 4.39 Å². The average molecular weight is 306 g/mol.